The Balaban J connectivity index is 1.91. The van der Waals surface area contributed by atoms with E-state index in [2.05, 4.69) is 30.3 Å². The second-order valence-corrected chi connectivity index (χ2v) is 11.2. The Bertz CT molecular complexity index is 1560. The largest absolute Gasteiger partial charge is 0.453 e. The number of hydrogen-bond donors (Lipinski definition) is 3. The van der Waals surface area contributed by atoms with Crippen LogP contribution in [-0.4, -0.2) is 69.6 Å². The number of aromatic amines is 1. The number of halogens is 1. The summed E-state index contributed by atoms with van der Waals surface area (Å²) in [5, 5.41) is 5.10. The van der Waals surface area contributed by atoms with E-state index in [1.807, 2.05) is 27.7 Å². The molecule has 0 aliphatic carbocycles. The van der Waals surface area contributed by atoms with Crippen molar-refractivity contribution in [2.75, 3.05) is 26.5 Å². The number of imidazole rings is 1. The van der Waals surface area contributed by atoms with Gasteiger partial charge in [-0.05, 0) is 49.3 Å². The number of pyridine rings is 2. The summed E-state index contributed by atoms with van der Waals surface area (Å²) >= 11 is 0. The average Bonchev–Trinajstić information content (AvgIpc) is 3.38. The Kier molecular flexibility index (Phi) is 11.2. The van der Waals surface area contributed by atoms with Gasteiger partial charge < -0.3 is 29.8 Å². The summed E-state index contributed by atoms with van der Waals surface area (Å²) in [5.41, 5.74) is 1.52. The molecule has 0 fully saturated rings. The molecule has 0 saturated carbocycles. The van der Waals surface area contributed by atoms with Crippen molar-refractivity contribution in [3.8, 4) is 0 Å². The van der Waals surface area contributed by atoms with Crippen molar-refractivity contribution in [1.29, 1.82) is 0 Å². The van der Waals surface area contributed by atoms with E-state index in [9.17, 15) is 23.6 Å². The van der Waals surface area contributed by atoms with Crippen LogP contribution in [0.1, 0.15) is 63.7 Å². The number of alkyl carbamates (subject to hydrolysis) is 1. The maximum atomic E-state index is 14.6. The molecule has 3 rings (SSSR count). The van der Waals surface area contributed by atoms with Gasteiger partial charge in [-0.3, -0.25) is 19.4 Å². The topological polar surface area (TPSA) is 151 Å². The third-order valence-corrected chi connectivity index (χ3v) is 6.69. The number of fused-ring (bicyclic) bond motifs is 1. The summed E-state index contributed by atoms with van der Waals surface area (Å²) in [4.78, 5) is 63.9. The first-order valence-corrected chi connectivity index (χ1v) is 14.1. The van der Waals surface area contributed by atoms with E-state index in [1.54, 1.807) is 26.2 Å². The van der Waals surface area contributed by atoms with Gasteiger partial charge in [0.05, 0.1) is 31.1 Å². The summed E-state index contributed by atoms with van der Waals surface area (Å²) in [6, 6.07) is 2.20. The number of nitrogens with zero attached hydrogens (tertiary/aromatic N) is 4. The standard InChI is InChI=1S/C30H40FN7O5/c1-17(2)14-22-27-26(19(31)15-32-22)35-24(36-27)16-38-23(18(3)4)13-12-21(29(38)41)33-28(40)20(34-30(42)43-7)10-8-9-11-25(39)37(5)6/h9,11-13,15,17-18,20H,8,10,14,16H2,1-7H3,(H,33,40)(H,34,42)(H,35,36). The van der Waals surface area contributed by atoms with Crippen LogP contribution < -0.4 is 16.2 Å². The van der Waals surface area contributed by atoms with E-state index < -0.39 is 29.4 Å². The summed E-state index contributed by atoms with van der Waals surface area (Å²) in [6.07, 6.45) is 4.39. The lowest BCUT2D eigenvalue weighted by atomic mass is 10.1. The van der Waals surface area contributed by atoms with Crippen LogP contribution in [0.4, 0.5) is 14.9 Å². The third-order valence-electron chi connectivity index (χ3n) is 6.69. The van der Waals surface area contributed by atoms with Crippen molar-refractivity contribution >= 4 is 34.6 Å². The molecular formula is C30H40FN7O5. The van der Waals surface area contributed by atoms with E-state index in [0.29, 0.717) is 35.6 Å². The van der Waals surface area contributed by atoms with E-state index in [-0.39, 0.29) is 41.9 Å². The normalized spacial score (nSPS) is 12.2. The van der Waals surface area contributed by atoms with E-state index in [0.717, 1.165) is 6.20 Å². The van der Waals surface area contributed by atoms with Crippen LogP contribution in [0.25, 0.3) is 11.0 Å². The summed E-state index contributed by atoms with van der Waals surface area (Å²) in [5.74, 6) is -0.808. The lowest BCUT2D eigenvalue weighted by Gasteiger charge is -2.19. The molecule has 0 spiro atoms. The maximum absolute atomic E-state index is 14.6. The SMILES string of the molecule is COC(=O)NC(CCC=CC(=O)N(C)C)C(=O)Nc1ccc(C(C)C)n(Cc2nc3c(F)cnc(CC(C)C)c3[nH]2)c1=O. The zero-order chi connectivity index (χ0) is 31.8. The number of carbonyl (C=O) groups is 3. The maximum Gasteiger partial charge on any atom is 0.407 e. The fourth-order valence-electron chi connectivity index (χ4n) is 4.47. The molecule has 0 saturated heterocycles. The molecule has 0 radical (unpaired) electrons. The fraction of sp³-hybridized carbons (Fsp3) is 0.467. The molecule has 1 atom stereocenters. The van der Waals surface area contributed by atoms with Crippen LogP contribution >= 0.6 is 0 Å². The molecule has 0 aromatic carbocycles. The number of H-pyrrole nitrogens is 1. The molecular weight excluding hydrogens is 557 g/mol. The molecule has 3 heterocycles. The number of anilines is 1. The van der Waals surface area contributed by atoms with Gasteiger partial charge in [-0.1, -0.05) is 33.8 Å². The fourth-order valence-corrected chi connectivity index (χ4v) is 4.47. The molecule has 0 aliphatic rings. The molecule has 1 unspecified atom stereocenters. The number of rotatable bonds is 12. The number of aromatic nitrogens is 4. The van der Waals surface area contributed by atoms with Crippen molar-refractivity contribution in [3.05, 3.63) is 63.9 Å². The predicted molar refractivity (Wildman–Crippen MR) is 161 cm³/mol. The first kappa shape index (κ1) is 33.0. The number of allylic oxidation sites excluding steroid dienone is 1. The summed E-state index contributed by atoms with van der Waals surface area (Å²) < 4.78 is 20.7. The predicted octanol–water partition coefficient (Wildman–Crippen LogP) is 3.72. The number of methoxy groups -OCH3 is 1. The Morgan fingerprint density at radius 2 is 1.91 bits per heavy atom. The molecule has 3 amide bonds. The smallest absolute Gasteiger partial charge is 0.407 e. The van der Waals surface area contributed by atoms with Crippen molar-refractivity contribution in [3.63, 3.8) is 0 Å². The quantitative estimate of drug-likeness (QED) is 0.269. The second-order valence-electron chi connectivity index (χ2n) is 11.2. The molecule has 232 valence electrons. The highest BCUT2D eigenvalue weighted by Crippen LogP contribution is 2.22. The average molecular weight is 598 g/mol. The monoisotopic (exact) mass is 597 g/mol. The van der Waals surface area contributed by atoms with Gasteiger partial charge in [0, 0.05) is 19.8 Å². The Morgan fingerprint density at radius 3 is 2.53 bits per heavy atom. The van der Waals surface area contributed by atoms with Crippen LogP contribution in [0, 0.1) is 11.7 Å². The van der Waals surface area contributed by atoms with E-state index in [4.69, 9.17) is 0 Å². The Hall–Kier alpha value is -4.55. The van der Waals surface area contributed by atoms with Gasteiger partial charge >= 0.3 is 6.09 Å². The lowest BCUT2D eigenvalue weighted by Crippen LogP contribution is -2.44. The first-order valence-electron chi connectivity index (χ1n) is 14.1. The van der Waals surface area contributed by atoms with Gasteiger partial charge in [-0.25, -0.2) is 14.2 Å². The van der Waals surface area contributed by atoms with Gasteiger partial charge in [0.2, 0.25) is 11.8 Å². The van der Waals surface area contributed by atoms with Crippen molar-refractivity contribution in [2.24, 2.45) is 5.92 Å². The molecule has 0 bridgehead atoms. The molecule has 3 aromatic heterocycles. The number of amides is 3. The van der Waals surface area contributed by atoms with Crippen molar-refractivity contribution in [2.45, 2.75) is 65.5 Å². The Morgan fingerprint density at radius 1 is 1.19 bits per heavy atom. The number of carbonyl (C=O) groups excluding carboxylic acids is 3. The first-order chi connectivity index (χ1) is 20.3. The minimum atomic E-state index is -1.05. The van der Waals surface area contributed by atoms with Gasteiger partial charge in [-0.15, -0.1) is 0 Å². The van der Waals surface area contributed by atoms with E-state index in [1.165, 1.54) is 28.7 Å². The van der Waals surface area contributed by atoms with E-state index >= 15 is 0 Å². The highest BCUT2D eigenvalue weighted by atomic mass is 19.1. The molecule has 3 N–H and O–H groups in total. The van der Waals surface area contributed by atoms with Gasteiger partial charge in [0.25, 0.3) is 5.56 Å². The third kappa shape index (κ3) is 8.49. The summed E-state index contributed by atoms with van der Waals surface area (Å²) in [7, 11) is 4.41. The molecule has 3 aromatic rings. The van der Waals surface area contributed by atoms with Gasteiger partial charge in [0.15, 0.2) is 5.82 Å². The van der Waals surface area contributed by atoms with Crippen molar-refractivity contribution in [1.82, 2.24) is 29.7 Å². The second kappa shape index (κ2) is 14.6. The van der Waals surface area contributed by atoms with Crippen molar-refractivity contribution < 1.29 is 23.5 Å². The number of nitrogens with one attached hydrogen (secondary N) is 3. The lowest BCUT2D eigenvalue weighted by molar-refractivity contribution is -0.123. The van der Waals surface area contributed by atoms with Crippen LogP contribution in [0.3, 0.4) is 0 Å². The minimum Gasteiger partial charge on any atom is -0.453 e. The highest BCUT2D eigenvalue weighted by Gasteiger charge is 2.23. The van der Waals surface area contributed by atoms with Crippen LogP contribution in [-0.2, 0) is 27.3 Å². The van der Waals surface area contributed by atoms with Crippen LogP contribution in [0.2, 0.25) is 0 Å². The summed E-state index contributed by atoms with van der Waals surface area (Å²) in [6.45, 7) is 7.93. The zero-order valence-corrected chi connectivity index (χ0v) is 25.7. The zero-order valence-electron chi connectivity index (χ0n) is 25.7. The highest BCUT2D eigenvalue weighted by molar-refractivity contribution is 5.96. The van der Waals surface area contributed by atoms with Crippen LogP contribution in [0.15, 0.2) is 35.3 Å². The van der Waals surface area contributed by atoms with Gasteiger partial charge in [-0.2, -0.15) is 0 Å². The van der Waals surface area contributed by atoms with Crippen LogP contribution in [0.5, 0.6) is 0 Å². The molecule has 13 heteroatoms. The molecule has 0 aliphatic heterocycles. The number of hydrogen-bond acceptors (Lipinski definition) is 7. The molecule has 43 heavy (non-hydrogen) atoms. The number of ether oxygens (including phenoxy) is 1. The minimum absolute atomic E-state index is 0.000166. The van der Waals surface area contributed by atoms with Gasteiger partial charge in [0.1, 0.15) is 23.1 Å². The molecule has 12 nitrogen and oxygen atoms in total. The Labute approximate surface area is 249 Å². The number of likely N-dealkylation sites (N-methyl/N-ethyl adjacent to an activating group) is 1.